The van der Waals surface area contributed by atoms with Crippen LogP contribution in [0.5, 0.6) is 5.75 Å². The number of fused-ring (bicyclic) bond motifs is 2. The molecule has 0 aliphatic heterocycles. The van der Waals surface area contributed by atoms with Crippen LogP contribution in [0.1, 0.15) is 44.0 Å². The lowest BCUT2D eigenvalue weighted by molar-refractivity contribution is -0.118. The number of benzene rings is 2. The number of primary amides is 1. The smallest absolute Gasteiger partial charge is 0.262 e. The second-order valence-corrected chi connectivity index (χ2v) is 8.04. The first kappa shape index (κ1) is 19.1. The fourth-order valence-corrected chi connectivity index (χ4v) is 5.05. The predicted octanol–water partition coefficient (Wildman–Crippen LogP) is 3.71. The Kier molecular flexibility index (Phi) is 5.31. The van der Waals surface area contributed by atoms with Gasteiger partial charge in [0.1, 0.15) is 10.8 Å². The van der Waals surface area contributed by atoms with Crippen LogP contribution >= 0.6 is 11.3 Å². The number of nitrogens with two attached hydrogens (primary N) is 1. The Balaban J connectivity index is 1.52. The molecule has 0 saturated heterocycles. The molecule has 0 radical (unpaired) electrons. The molecule has 1 aliphatic rings. The lowest BCUT2D eigenvalue weighted by atomic mass is 9.95. The lowest BCUT2D eigenvalue weighted by Crippen LogP contribution is -2.22. The molecule has 0 fully saturated rings. The molecule has 6 nitrogen and oxygen atoms in total. The van der Waals surface area contributed by atoms with Crippen molar-refractivity contribution in [2.24, 2.45) is 5.73 Å². The van der Waals surface area contributed by atoms with E-state index in [4.69, 9.17) is 10.5 Å². The van der Waals surface area contributed by atoms with Gasteiger partial charge in [-0.1, -0.05) is 30.3 Å². The zero-order valence-corrected chi connectivity index (χ0v) is 16.5. The molecule has 0 bridgehead atoms. The number of aldehydes is 1. The quantitative estimate of drug-likeness (QED) is 0.608. The first-order valence-corrected chi connectivity index (χ1v) is 10.2. The van der Waals surface area contributed by atoms with Gasteiger partial charge in [-0.25, -0.2) is 0 Å². The molecule has 0 atom stereocenters. The number of aryl methyl sites for hydroxylation is 1. The van der Waals surface area contributed by atoms with E-state index in [1.165, 1.54) is 11.3 Å². The number of nitrogens with one attached hydrogen (secondary N) is 1. The second kappa shape index (κ2) is 8.05. The highest BCUT2D eigenvalue weighted by atomic mass is 32.1. The van der Waals surface area contributed by atoms with Gasteiger partial charge >= 0.3 is 0 Å². The zero-order valence-electron chi connectivity index (χ0n) is 15.7. The Morgan fingerprint density at radius 3 is 2.72 bits per heavy atom. The largest absolute Gasteiger partial charge is 0.483 e. The number of carbonyl (C=O) groups is 3. The maximum absolute atomic E-state index is 12.5. The van der Waals surface area contributed by atoms with Crippen LogP contribution in [0.3, 0.4) is 0 Å². The van der Waals surface area contributed by atoms with Crippen LogP contribution in [0.25, 0.3) is 10.8 Å². The van der Waals surface area contributed by atoms with Crippen LogP contribution in [-0.4, -0.2) is 24.7 Å². The van der Waals surface area contributed by atoms with Gasteiger partial charge < -0.3 is 15.8 Å². The van der Waals surface area contributed by atoms with Gasteiger partial charge in [0, 0.05) is 4.88 Å². The fraction of sp³-hybridized carbons (Fsp3) is 0.227. The van der Waals surface area contributed by atoms with E-state index in [2.05, 4.69) is 5.32 Å². The molecular formula is C22H20N2O4S. The molecule has 4 rings (SSSR count). The van der Waals surface area contributed by atoms with Gasteiger partial charge in [-0.05, 0) is 48.1 Å². The summed E-state index contributed by atoms with van der Waals surface area (Å²) in [6, 6.07) is 11.0. The number of ether oxygens (including phenoxy) is 1. The van der Waals surface area contributed by atoms with Crippen molar-refractivity contribution in [2.45, 2.75) is 25.7 Å². The summed E-state index contributed by atoms with van der Waals surface area (Å²) in [7, 11) is 0. The minimum Gasteiger partial charge on any atom is -0.483 e. The van der Waals surface area contributed by atoms with Gasteiger partial charge in [0.05, 0.1) is 11.1 Å². The van der Waals surface area contributed by atoms with Gasteiger partial charge in [0.15, 0.2) is 12.9 Å². The average molecular weight is 408 g/mol. The fourth-order valence-electron chi connectivity index (χ4n) is 3.74. The SMILES string of the molecule is NC(=O)c1c(NC(=O)COc2ccc3ccccc3c2C=O)sc2c1CCCC2. The highest BCUT2D eigenvalue weighted by molar-refractivity contribution is 7.17. The van der Waals surface area contributed by atoms with E-state index >= 15 is 0 Å². The minimum atomic E-state index is -0.529. The molecule has 148 valence electrons. The molecule has 29 heavy (non-hydrogen) atoms. The monoisotopic (exact) mass is 408 g/mol. The summed E-state index contributed by atoms with van der Waals surface area (Å²) in [6.45, 7) is -0.278. The number of thiophene rings is 1. The summed E-state index contributed by atoms with van der Waals surface area (Å²) < 4.78 is 5.62. The van der Waals surface area contributed by atoms with E-state index in [1.807, 2.05) is 30.3 Å². The molecule has 7 heteroatoms. The van der Waals surface area contributed by atoms with Gasteiger partial charge in [0.2, 0.25) is 0 Å². The number of rotatable bonds is 6. The molecule has 3 aromatic rings. The van der Waals surface area contributed by atoms with E-state index in [9.17, 15) is 14.4 Å². The predicted molar refractivity (Wildman–Crippen MR) is 113 cm³/mol. The van der Waals surface area contributed by atoms with E-state index in [1.54, 1.807) is 6.07 Å². The minimum absolute atomic E-state index is 0.278. The Hall–Kier alpha value is -3.19. The van der Waals surface area contributed by atoms with Crippen molar-refractivity contribution in [3.8, 4) is 5.75 Å². The molecule has 2 amide bonds. The van der Waals surface area contributed by atoms with Crippen LogP contribution in [0, 0.1) is 0 Å². The highest BCUT2D eigenvalue weighted by Gasteiger charge is 2.25. The molecular weight excluding hydrogens is 388 g/mol. The van der Waals surface area contributed by atoms with E-state index in [-0.39, 0.29) is 6.61 Å². The number of hydrogen-bond donors (Lipinski definition) is 2. The Labute approximate surface area is 171 Å². The van der Waals surface area contributed by atoms with Gasteiger partial charge in [-0.2, -0.15) is 0 Å². The molecule has 1 heterocycles. The van der Waals surface area contributed by atoms with Crippen molar-refractivity contribution in [3.63, 3.8) is 0 Å². The third kappa shape index (κ3) is 3.73. The second-order valence-electron chi connectivity index (χ2n) is 6.93. The molecule has 2 aromatic carbocycles. The van der Waals surface area contributed by atoms with E-state index in [0.29, 0.717) is 21.9 Å². The highest BCUT2D eigenvalue weighted by Crippen LogP contribution is 2.38. The lowest BCUT2D eigenvalue weighted by Gasteiger charge is -2.12. The van der Waals surface area contributed by atoms with E-state index in [0.717, 1.165) is 53.2 Å². The zero-order chi connectivity index (χ0) is 20.4. The van der Waals surface area contributed by atoms with Crippen LogP contribution < -0.4 is 15.8 Å². The molecule has 1 aliphatic carbocycles. The summed E-state index contributed by atoms with van der Waals surface area (Å²) in [5, 5.41) is 4.92. The maximum Gasteiger partial charge on any atom is 0.262 e. The van der Waals surface area contributed by atoms with Crippen LogP contribution in [0.4, 0.5) is 5.00 Å². The molecule has 0 spiro atoms. The number of hydrogen-bond acceptors (Lipinski definition) is 5. The van der Waals surface area contributed by atoms with Crippen molar-refractivity contribution >= 4 is 45.2 Å². The first-order chi connectivity index (χ1) is 14.1. The topological polar surface area (TPSA) is 98.5 Å². The summed E-state index contributed by atoms with van der Waals surface area (Å²) in [5.74, 6) is -0.594. The van der Waals surface area contributed by atoms with Crippen LogP contribution in [-0.2, 0) is 17.6 Å². The maximum atomic E-state index is 12.5. The van der Waals surface area contributed by atoms with Gasteiger partial charge in [0.25, 0.3) is 11.8 Å². The standard InChI is InChI=1S/C22H20N2O4S/c23-21(27)20-15-7-3-4-8-18(15)29-22(20)24-19(26)12-28-17-10-9-13-5-1-2-6-14(13)16(17)11-25/h1-2,5-6,9-11H,3-4,7-8,12H2,(H2,23,27)(H,24,26). The number of carbonyl (C=O) groups excluding carboxylic acids is 3. The van der Waals surface area contributed by atoms with Gasteiger partial charge in [-0.3, -0.25) is 14.4 Å². The van der Waals surface area contributed by atoms with Gasteiger partial charge in [-0.15, -0.1) is 11.3 Å². The van der Waals surface area contributed by atoms with Crippen molar-refractivity contribution in [3.05, 3.63) is 58.0 Å². The normalized spacial score (nSPS) is 13.0. The van der Waals surface area contributed by atoms with E-state index < -0.39 is 11.8 Å². The molecule has 3 N–H and O–H groups in total. The van der Waals surface area contributed by atoms with Crippen LogP contribution in [0.15, 0.2) is 36.4 Å². The van der Waals surface area contributed by atoms with Crippen molar-refractivity contribution in [1.29, 1.82) is 0 Å². The Morgan fingerprint density at radius 1 is 1.14 bits per heavy atom. The molecule has 0 saturated carbocycles. The third-order valence-corrected chi connectivity index (χ3v) is 6.29. The van der Waals surface area contributed by atoms with Crippen molar-refractivity contribution in [1.82, 2.24) is 0 Å². The van der Waals surface area contributed by atoms with Crippen molar-refractivity contribution < 1.29 is 19.1 Å². The average Bonchev–Trinajstić information content (AvgIpc) is 3.09. The molecule has 0 unspecified atom stereocenters. The Morgan fingerprint density at radius 2 is 1.93 bits per heavy atom. The van der Waals surface area contributed by atoms with Crippen LogP contribution in [0.2, 0.25) is 0 Å². The van der Waals surface area contributed by atoms with Crippen molar-refractivity contribution in [2.75, 3.05) is 11.9 Å². The summed E-state index contributed by atoms with van der Waals surface area (Å²) in [4.78, 5) is 37.1. The first-order valence-electron chi connectivity index (χ1n) is 9.42. The number of anilines is 1. The Bertz CT molecular complexity index is 1120. The molecule has 1 aromatic heterocycles. The third-order valence-electron chi connectivity index (χ3n) is 5.08. The summed E-state index contributed by atoms with van der Waals surface area (Å²) in [6.07, 6.45) is 4.51. The number of amides is 2. The summed E-state index contributed by atoms with van der Waals surface area (Å²) >= 11 is 1.41. The summed E-state index contributed by atoms with van der Waals surface area (Å²) in [5.41, 5.74) is 7.34.